The number of nitrogens with zero attached hydrogens (tertiary/aromatic N) is 1. The second-order valence-corrected chi connectivity index (χ2v) is 4.47. The van der Waals surface area contributed by atoms with Gasteiger partial charge in [0.15, 0.2) is 0 Å². The van der Waals surface area contributed by atoms with E-state index in [1.807, 2.05) is 37.3 Å². The molecular weight excluding hydrogens is 230 g/mol. The summed E-state index contributed by atoms with van der Waals surface area (Å²) in [5.41, 5.74) is 0.877. The summed E-state index contributed by atoms with van der Waals surface area (Å²) >= 11 is 0. The largest absolute Gasteiger partial charge is 0.303 e. The molecule has 0 aliphatic rings. The van der Waals surface area contributed by atoms with Gasteiger partial charge in [0.05, 0.1) is 5.92 Å². The fraction of sp³-hybridized carbons (Fsp3) is 0.500. The normalized spacial score (nSPS) is 13.8. The van der Waals surface area contributed by atoms with E-state index in [0.717, 1.165) is 24.7 Å². The first-order chi connectivity index (χ1) is 8.69. The highest BCUT2D eigenvalue weighted by atomic mass is 16.6. The van der Waals surface area contributed by atoms with Crippen molar-refractivity contribution >= 4 is 6.29 Å². The Kier molecular flexibility index (Phi) is 6.05. The standard InChI is InChI=1S/C14H19NO3/c1-2-3-7-13(11-16)14(10-15(17)18)12-8-5-4-6-9-12/h4-6,8-9,11,13-14H,2-3,7,10H2,1H3/t13-,14+/m0/s1. The molecule has 0 bridgehead atoms. The third-order valence-corrected chi connectivity index (χ3v) is 3.16. The Balaban J connectivity index is 2.88. The molecule has 0 heterocycles. The molecule has 0 N–H and O–H groups in total. The molecule has 0 aromatic heterocycles. The van der Waals surface area contributed by atoms with Crippen molar-refractivity contribution in [1.29, 1.82) is 0 Å². The first-order valence-electron chi connectivity index (χ1n) is 6.31. The first-order valence-corrected chi connectivity index (χ1v) is 6.31. The molecule has 4 nitrogen and oxygen atoms in total. The molecule has 0 aliphatic carbocycles. The first kappa shape index (κ1) is 14.4. The lowest BCUT2D eigenvalue weighted by molar-refractivity contribution is -0.484. The van der Waals surface area contributed by atoms with E-state index in [4.69, 9.17) is 0 Å². The van der Waals surface area contributed by atoms with Crippen molar-refractivity contribution in [2.75, 3.05) is 6.54 Å². The predicted molar refractivity (Wildman–Crippen MR) is 70.1 cm³/mol. The minimum absolute atomic E-state index is 0.183. The Morgan fingerprint density at radius 1 is 1.33 bits per heavy atom. The van der Waals surface area contributed by atoms with Crippen molar-refractivity contribution in [1.82, 2.24) is 0 Å². The number of benzene rings is 1. The van der Waals surface area contributed by atoms with Crippen LogP contribution in [-0.2, 0) is 4.79 Å². The fourth-order valence-electron chi connectivity index (χ4n) is 2.15. The van der Waals surface area contributed by atoms with E-state index in [2.05, 4.69) is 0 Å². The Morgan fingerprint density at radius 3 is 2.50 bits per heavy atom. The molecule has 0 unspecified atom stereocenters. The van der Waals surface area contributed by atoms with Crippen LogP contribution >= 0.6 is 0 Å². The van der Waals surface area contributed by atoms with Crippen molar-refractivity contribution in [3.8, 4) is 0 Å². The second-order valence-electron chi connectivity index (χ2n) is 4.47. The molecule has 1 rings (SSSR count). The zero-order valence-electron chi connectivity index (χ0n) is 10.6. The molecule has 98 valence electrons. The van der Waals surface area contributed by atoms with Crippen LogP contribution in [0.1, 0.15) is 37.7 Å². The molecule has 0 saturated carbocycles. The zero-order valence-corrected chi connectivity index (χ0v) is 10.6. The highest BCUT2D eigenvalue weighted by molar-refractivity contribution is 5.56. The minimum atomic E-state index is -0.333. The highest BCUT2D eigenvalue weighted by Gasteiger charge is 2.26. The van der Waals surface area contributed by atoms with Crippen LogP contribution in [0, 0.1) is 16.0 Å². The van der Waals surface area contributed by atoms with Gasteiger partial charge in [-0.05, 0) is 12.0 Å². The van der Waals surface area contributed by atoms with Gasteiger partial charge in [0.1, 0.15) is 6.29 Å². The van der Waals surface area contributed by atoms with Gasteiger partial charge < -0.3 is 4.79 Å². The number of aldehydes is 1. The molecule has 0 spiro atoms. The summed E-state index contributed by atoms with van der Waals surface area (Å²) in [7, 11) is 0. The zero-order chi connectivity index (χ0) is 13.4. The van der Waals surface area contributed by atoms with E-state index in [9.17, 15) is 14.9 Å². The van der Waals surface area contributed by atoms with E-state index >= 15 is 0 Å². The van der Waals surface area contributed by atoms with Gasteiger partial charge in [0.25, 0.3) is 0 Å². The number of carbonyl (C=O) groups excluding carboxylic acids is 1. The van der Waals surface area contributed by atoms with Crippen molar-refractivity contribution in [3.63, 3.8) is 0 Å². The van der Waals surface area contributed by atoms with Gasteiger partial charge in [0.2, 0.25) is 6.54 Å². The van der Waals surface area contributed by atoms with Crippen molar-refractivity contribution < 1.29 is 9.72 Å². The lowest BCUT2D eigenvalue weighted by Gasteiger charge is -2.19. The molecule has 1 aromatic carbocycles. The number of unbranched alkanes of at least 4 members (excludes halogenated alkanes) is 1. The average molecular weight is 249 g/mol. The van der Waals surface area contributed by atoms with E-state index < -0.39 is 0 Å². The van der Waals surface area contributed by atoms with Crippen LogP contribution in [0.2, 0.25) is 0 Å². The molecule has 0 saturated heterocycles. The molecule has 1 aromatic rings. The number of nitro groups is 1. The maximum absolute atomic E-state index is 11.2. The lowest BCUT2D eigenvalue weighted by Crippen LogP contribution is -2.22. The number of hydrogen-bond donors (Lipinski definition) is 0. The monoisotopic (exact) mass is 249 g/mol. The van der Waals surface area contributed by atoms with Gasteiger partial charge in [-0.3, -0.25) is 10.1 Å². The fourth-order valence-corrected chi connectivity index (χ4v) is 2.15. The number of rotatable bonds is 8. The van der Waals surface area contributed by atoms with Crippen molar-refractivity contribution in [2.45, 2.75) is 32.1 Å². The van der Waals surface area contributed by atoms with Crippen LogP contribution in [0.4, 0.5) is 0 Å². The molecule has 0 fully saturated rings. The molecule has 4 heteroatoms. The van der Waals surface area contributed by atoms with Gasteiger partial charge in [-0.25, -0.2) is 0 Å². The second kappa shape index (κ2) is 7.58. The summed E-state index contributed by atoms with van der Waals surface area (Å²) < 4.78 is 0. The molecular formula is C14H19NO3. The minimum Gasteiger partial charge on any atom is -0.303 e. The smallest absolute Gasteiger partial charge is 0.211 e. The molecule has 0 aliphatic heterocycles. The van der Waals surface area contributed by atoms with E-state index in [1.165, 1.54) is 0 Å². The van der Waals surface area contributed by atoms with E-state index in [0.29, 0.717) is 6.42 Å². The Morgan fingerprint density at radius 2 is 2.00 bits per heavy atom. The number of carbonyl (C=O) groups is 1. The van der Waals surface area contributed by atoms with E-state index in [1.54, 1.807) is 0 Å². The summed E-state index contributed by atoms with van der Waals surface area (Å²) in [6.07, 6.45) is 3.50. The van der Waals surface area contributed by atoms with Crippen LogP contribution in [-0.4, -0.2) is 17.8 Å². The topological polar surface area (TPSA) is 60.2 Å². The van der Waals surface area contributed by atoms with Crippen LogP contribution < -0.4 is 0 Å². The Hall–Kier alpha value is -1.71. The van der Waals surface area contributed by atoms with Crippen LogP contribution in [0.5, 0.6) is 0 Å². The number of hydrogen-bond acceptors (Lipinski definition) is 3. The van der Waals surface area contributed by atoms with E-state index in [-0.39, 0.29) is 23.3 Å². The summed E-state index contributed by atoms with van der Waals surface area (Å²) in [5, 5.41) is 10.8. The van der Waals surface area contributed by atoms with Gasteiger partial charge in [-0.2, -0.15) is 0 Å². The van der Waals surface area contributed by atoms with Gasteiger partial charge in [0, 0.05) is 10.8 Å². The Bertz CT molecular complexity index is 378. The summed E-state index contributed by atoms with van der Waals surface area (Å²) in [6.45, 7) is 1.87. The van der Waals surface area contributed by atoms with Crippen LogP contribution in [0.15, 0.2) is 30.3 Å². The summed E-state index contributed by atoms with van der Waals surface area (Å²) in [4.78, 5) is 21.6. The Labute approximate surface area is 107 Å². The molecule has 0 amide bonds. The van der Waals surface area contributed by atoms with Crippen LogP contribution in [0.3, 0.4) is 0 Å². The maximum Gasteiger partial charge on any atom is 0.211 e. The third kappa shape index (κ3) is 4.28. The third-order valence-electron chi connectivity index (χ3n) is 3.16. The summed E-state index contributed by atoms with van der Waals surface area (Å²) in [5.74, 6) is -0.581. The predicted octanol–water partition coefficient (Wildman–Crippen LogP) is 3.05. The van der Waals surface area contributed by atoms with Gasteiger partial charge in [-0.15, -0.1) is 0 Å². The summed E-state index contributed by atoms with van der Waals surface area (Å²) in [6, 6.07) is 9.29. The molecule has 2 atom stereocenters. The highest BCUT2D eigenvalue weighted by Crippen LogP contribution is 2.27. The molecule has 0 radical (unpaired) electrons. The van der Waals surface area contributed by atoms with Crippen LogP contribution in [0.25, 0.3) is 0 Å². The van der Waals surface area contributed by atoms with Gasteiger partial charge >= 0.3 is 0 Å². The van der Waals surface area contributed by atoms with Gasteiger partial charge in [-0.1, -0.05) is 50.1 Å². The van der Waals surface area contributed by atoms with Crippen molar-refractivity contribution in [2.24, 2.45) is 5.92 Å². The SMILES string of the molecule is CCCC[C@@H](C=O)[C@H](C[N+](=O)[O-])c1ccccc1. The average Bonchev–Trinajstić information content (AvgIpc) is 2.39. The van der Waals surface area contributed by atoms with Crippen molar-refractivity contribution in [3.05, 3.63) is 46.0 Å². The quantitative estimate of drug-likeness (QED) is 0.404. The lowest BCUT2D eigenvalue weighted by atomic mass is 9.84. The molecule has 18 heavy (non-hydrogen) atoms. The maximum atomic E-state index is 11.2.